The number of carbonyl (C=O) groups excluding carboxylic acids is 1. The zero-order chi connectivity index (χ0) is 9.99. The lowest BCUT2D eigenvalue weighted by Crippen LogP contribution is -2.42. The number of methoxy groups -OCH3 is 1. The smallest absolute Gasteiger partial charge is 0.422 e. The van der Waals surface area contributed by atoms with Gasteiger partial charge in [-0.05, 0) is 0 Å². The van der Waals surface area contributed by atoms with E-state index in [1.165, 1.54) is 0 Å². The fourth-order valence-electron chi connectivity index (χ4n) is 0.461. The maximum atomic E-state index is 11.7. The van der Waals surface area contributed by atoms with Crippen molar-refractivity contribution in [1.82, 2.24) is 0 Å². The quantitative estimate of drug-likeness (QED) is 0.523. The van der Waals surface area contributed by atoms with Gasteiger partial charge < -0.3 is 4.74 Å². The molecule has 0 unspecified atom stereocenters. The molecule has 0 rings (SSSR count). The molecule has 0 atom stereocenters. The number of carbonyl (C=O) groups is 1. The molecule has 0 heterocycles. The fraction of sp³-hybridized carbons (Fsp3) is 0.750. The van der Waals surface area contributed by atoms with Crippen molar-refractivity contribution in [3.63, 3.8) is 0 Å². The van der Waals surface area contributed by atoms with Crippen LogP contribution < -0.4 is 0 Å². The Labute approximate surface area is 78.2 Å². The summed E-state index contributed by atoms with van der Waals surface area (Å²) in [5.41, 5.74) is 0. The van der Waals surface area contributed by atoms with E-state index in [2.05, 4.69) is 30.4 Å². The Bertz CT molecular complexity index is 182. The Hall–Kier alpha value is -0.0800. The Morgan fingerprint density at radius 3 is 2.17 bits per heavy atom. The summed E-state index contributed by atoms with van der Waals surface area (Å²) in [6.45, 7) is -1.49. The van der Waals surface area contributed by atoms with Crippen LogP contribution in [0.2, 0.25) is 0 Å². The van der Waals surface area contributed by atoms with Gasteiger partial charge in [0.2, 0.25) is 6.54 Å². The van der Waals surface area contributed by atoms with Crippen LogP contribution in [0.3, 0.4) is 0 Å². The molecular weight excluding hydrogens is 215 g/mol. The number of ether oxygens (including phenoxy) is 1. The van der Waals surface area contributed by atoms with Crippen molar-refractivity contribution in [3.8, 4) is 0 Å². The molecule has 0 saturated heterocycles. The predicted molar refractivity (Wildman–Crippen MR) is 41.6 cm³/mol. The van der Waals surface area contributed by atoms with Crippen LogP contribution in [0.1, 0.15) is 0 Å². The van der Waals surface area contributed by atoms with E-state index in [0.717, 1.165) is 7.11 Å². The van der Waals surface area contributed by atoms with Crippen LogP contribution in [0.5, 0.6) is 0 Å². The molecule has 8 heteroatoms. The van der Waals surface area contributed by atoms with Gasteiger partial charge in [-0.25, -0.2) is 0 Å². The number of rotatable bonds is 1. The third-order valence-corrected chi connectivity index (χ3v) is 1.48. The zero-order valence-electron chi connectivity index (χ0n) is 6.00. The summed E-state index contributed by atoms with van der Waals surface area (Å²) < 4.78 is 37.8. The lowest BCUT2D eigenvalue weighted by Gasteiger charge is -2.20. The van der Waals surface area contributed by atoms with Gasteiger partial charge in [-0.3, -0.25) is 0 Å². The van der Waals surface area contributed by atoms with Crippen LogP contribution in [-0.2, 0) is 4.74 Å². The van der Waals surface area contributed by atoms with Gasteiger partial charge in [0.05, 0.1) is 32.7 Å². The van der Waals surface area contributed by atoms with E-state index in [-0.39, 0.29) is 0 Å². The average Bonchev–Trinajstić information content (AvgIpc) is 1.80. The van der Waals surface area contributed by atoms with Crippen molar-refractivity contribution in [2.75, 3.05) is 13.7 Å². The summed E-state index contributed by atoms with van der Waals surface area (Å²) in [7, 11) is 0.956. The topological polar surface area (TPSA) is 26.3 Å². The van der Waals surface area contributed by atoms with Crippen molar-refractivity contribution in [2.45, 2.75) is 6.18 Å². The van der Waals surface area contributed by atoms with Gasteiger partial charge in [-0.15, -0.1) is 0 Å². The standard InChI is InChI=1S/C4H7F3NO2S2/c1-10-3(9)8(11,12)2-4(5,6)7/h11-12H,2H2,1H3/q+1. The Morgan fingerprint density at radius 1 is 1.50 bits per heavy atom. The second-order valence-corrected chi connectivity index (χ2v) is 3.65. The molecule has 0 spiro atoms. The first kappa shape index (κ1) is 11.9. The van der Waals surface area contributed by atoms with Crippen LogP contribution in [-0.4, -0.2) is 29.2 Å². The van der Waals surface area contributed by atoms with Crippen molar-refractivity contribution >= 4 is 31.7 Å². The number of halogens is 3. The number of amides is 1. The first-order valence-electron chi connectivity index (χ1n) is 2.68. The maximum absolute atomic E-state index is 11.7. The number of nitrogens with zero attached hydrogens (tertiary/aromatic N) is 1. The molecule has 1 amide bonds. The highest BCUT2D eigenvalue weighted by Gasteiger charge is 2.45. The first-order chi connectivity index (χ1) is 5.19. The van der Waals surface area contributed by atoms with E-state index in [4.69, 9.17) is 0 Å². The second-order valence-electron chi connectivity index (χ2n) is 1.97. The number of quaternary nitrogens is 1. The monoisotopic (exact) mass is 222 g/mol. The molecule has 3 nitrogen and oxygen atoms in total. The zero-order valence-corrected chi connectivity index (χ0v) is 7.79. The molecule has 0 saturated carbocycles. The Balaban J connectivity index is 4.32. The summed E-state index contributed by atoms with van der Waals surface area (Å²) in [5.74, 6) is 0. The van der Waals surface area contributed by atoms with Crippen LogP contribution in [0.4, 0.5) is 18.0 Å². The highest BCUT2D eigenvalue weighted by molar-refractivity contribution is 7.88. The van der Waals surface area contributed by atoms with Crippen molar-refractivity contribution in [2.24, 2.45) is 0 Å². The molecule has 0 aliphatic heterocycles. The van der Waals surface area contributed by atoms with Crippen LogP contribution in [0, 0.1) is 0 Å². The van der Waals surface area contributed by atoms with E-state index in [1.807, 2.05) is 0 Å². The Kier molecular flexibility index (Phi) is 3.73. The van der Waals surface area contributed by atoms with Crippen LogP contribution in [0.15, 0.2) is 0 Å². The lowest BCUT2D eigenvalue weighted by molar-refractivity contribution is -0.585. The number of hydrogen-bond acceptors (Lipinski definition) is 4. The van der Waals surface area contributed by atoms with Gasteiger partial charge in [0.15, 0.2) is 0 Å². The normalized spacial score (nSPS) is 12.8. The highest BCUT2D eigenvalue weighted by atomic mass is 32.2. The third-order valence-electron chi connectivity index (χ3n) is 0.867. The molecular formula is C4H7F3NO2S2+. The Morgan fingerprint density at radius 2 is 1.92 bits per heavy atom. The lowest BCUT2D eigenvalue weighted by atomic mass is 10.6. The largest absolute Gasteiger partial charge is 0.539 e. The molecule has 72 valence electrons. The van der Waals surface area contributed by atoms with Crippen molar-refractivity contribution < 1.29 is 26.0 Å². The van der Waals surface area contributed by atoms with Gasteiger partial charge in [0.1, 0.15) is 0 Å². The van der Waals surface area contributed by atoms with Crippen LogP contribution in [0.25, 0.3) is 0 Å². The molecule has 0 fully saturated rings. The minimum absolute atomic E-state index is 0.956. The van der Waals surface area contributed by atoms with Gasteiger partial charge in [-0.1, -0.05) is 3.29 Å². The molecule has 0 aliphatic rings. The number of thiol groups is 2. The average molecular weight is 222 g/mol. The number of alkyl halides is 3. The molecule has 0 radical (unpaired) electrons. The second kappa shape index (κ2) is 3.75. The molecule has 0 aromatic rings. The van der Waals surface area contributed by atoms with Crippen LogP contribution >= 0.6 is 25.6 Å². The molecule has 0 aromatic heterocycles. The SMILES string of the molecule is COC(=O)[N+](S)(S)CC(F)(F)F. The van der Waals surface area contributed by atoms with Crippen molar-refractivity contribution in [3.05, 3.63) is 0 Å². The first-order valence-corrected chi connectivity index (χ1v) is 3.48. The van der Waals surface area contributed by atoms with E-state index < -0.39 is 22.1 Å². The molecule has 0 aliphatic carbocycles. The predicted octanol–water partition coefficient (Wildman–Crippen LogP) is 1.82. The van der Waals surface area contributed by atoms with Crippen molar-refractivity contribution in [1.29, 1.82) is 0 Å². The van der Waals surface area contributed by atoms with E-state index in [0.29, 0.717) is 0 Å². The summed E-state index contributed by atoms with van der Waals surface area (Å²) in [6.07, 6.45) is -5.70. The molecule has 0 N–H and O–H groups in total. The van der Waals surface area contributed by atoms with Gasteiger partial charge in [0, 0.05) is 0 Å². The molecule has 0 bridgehead atoms. The minimum atomic E-state index is -4.52. The summed E-state index contributed by atoms with van der Waals surface area (Å²) in [6, 6.07) is 0. The maximum Gasteiger partial charge on any atom is 0.539 e. The van der Waals surface area contributed by atoms with Gasteiger partial charge in [0.25, 0.3) is 0 Å². The molecule has 12 heavy (non-hydrogen) atoms. The highest BCUT2D eigenvalue weighted by Crippen LogP contribution is 2.27. The van der Waals surface area contributed by atoms with E-state index in [9.17, 15) is 18.0 Å². The fourth-order valence-corrected chi connectivity index (χ4v) is 0.945. The van der Waals surface area contributed by atoms with Gasteiger partial charge >= 0.3 is 12.3 Å². The van der Waals surface area contributed by atoms with Gasteiger partial charge in [-0.2, -0.15) is 18.0 Å². The molecule has 0 aromatic carbocycles. The summed E-state index contributed by atoms with van der Waals surface area (Å²) in [4.78, 5) is 10.6. The third kappa shape index (κ3) is 4.07. The minimum Gasteiger partial charge on any atom is -0.422 e. The summed E-state index contributed by atoms with van der Waals surface area (Å²) in [5, 5.41) is 0. The van der Waals surface area contributed by atoms with E-state index in [1.54, 1.807) is 0 Å². The number of hydrogen-bond donors (Lipinski definition) is 2. The summed E-state index contributed by atoms with van der Waals surface area (Å²) >= 11 is 6.72. The van der Waals surface area contributed by atoms with E-state index >= 15 is 0 Å².